The number of halogens is 1. The maximum Gasteiger partial charge on any atom is 0.339 e. The molecule has 0 atom stereocenters. The van der Waals surface area contributed by atoms with E-state index in [-0.39, 0.29) is 21.2 Å². The van der Waals surface area contributed by atoms with E-state index in [2.05, 4.69) is 4.72 Å². The van der Waals surface area contributed by atoms with Crippen molar-refractivity contribution >= 4 is 27.6 Å². The molecule has 0 saturated carbocycles. The van der Waals surface area contributed by atoms with Crippen molar-refractivity contribution in [2.24, 2.45) is 0 Å². The van der Waals surface area contributed by atoms with Crippen LogP contribution in [0.4, 0.5) is 0 Å². The van der Waals surface area contributed by atoms with Gasteiger partial charge in [0.05, 0.1) is 7.11 Å². The molecular formula is C9H10ClNO5S. The lowest BCUT2D eigenvalue weighted by molar-refractivity contribution is 0.0693. The molecule has 0 unspecified atom stereocenters. The van der Waals surface area contributed by atoms with Gasteiger partial charge in [-0.15, -0.1) is 0 Å². The molecule has 0 aliphatic heterocycles. The third kappa shape index (κ3) is 2.68. The zero-order valence-electron chi connectivity index (χ0n) is 9.02. The Morgan fingerprint density at radius 3 is 2.47 bits per heavy atom. The van der Waals surface area contributed by atoms with Crippen LogP contribution >= 0.6 is 11.6 Å². The lowest BCUT2D eigenvalue weighted by Gasteiger charge is -2.11. The zero-order chi connectivity index (χ0) is 13.2. The summed E-state index contributed by atoms with van der Waals surface area (Å²) in [6.45, 7) is 0. The molecule has 94 valence electrons. The number of hydrogen-bond acceptors (Lipinski definition) is 4. The summed E-state index contributed by atoms with van der Waals surface area (Å²) < 4.78 is 30.2. The maximum absolute atomic E-state index is 11.7. The number of hydrogen-bond donors (Lipinski definition) is 2. The largest absolute Gasteiger partial charge is 0.494 e. The smallest absolute Gasteiger partial charge is 0.339 e. The number of carboxylic acids is 1. The van der Waals surface area contributed by atoms with Crippen LogP contribution in [0.15, 0.2) is 17.0 Å². The molecule has 17 heavy (non-hydrogen) atoms. The van der Waals surface area contributed by atoms with Crippen LogP contribution in [-0.4, -0.2) is 33.7 Å². The van der Waals surface area contributed by atoms with Crippen molar-refractivity contribution < 1.29 is 23.1 Å². The Hall–Kier alpha value is -1.31. The molecule has 0 aliphatic rings. The minimum Gasteiger partial charge on any atom is -0.494 e. The molecule has 0 aromatic heterocycles. The molecule has 1 aromatic carbocycles. The van der Waals surface area contributed by atoms with Crippen LogP contribution < -0.4 is 9.46 Å². The Balaban J connectivity index is 3.67. The van der Waals surface area contributed by atoms with Gasteiger partial charge >= 0.3 is 5.97 Å². The van der Waals surface area contributed by atoms with Gasteiger partial charge in [0, 0.05) is 5.02 Å². The number of ether oxygens (including phenoxy) is 1. The Morgan fingerprint density at radius 1 is 1.47 bits per heavy atom. The van der Waals surface area contributed by atoms with E-state index in [1.165, 1.54) is 14.2 Å². The van der Waals surface area contributed by atoms with E-state index in [0.717, 1.165) is 12.1 Å². The number of carbonyl (C=O) groups is 1. The van der Waals surface area contributed by atoms with Gasteiger partial charge < -0.3 is 9.84 Å². The summed E-state index contributed by atoms with van der Waals surface area (Å²) in [5, 5.41) is 8.93. The fraction of sp³-hybridized carbons (Fsp3) is 0.222. The molecule has 1 rings (SSSR count). The molecule has 8 heteroatoms. The number of methoxy groups -OCH3 is 1. The normalized spacial score (nSPS) is 11.2. The monoisotopic (exact) mass is 279 g/mol. The Labute approximate surface area is 103 Å². The summed E-state index contributed by atoms with van der Waals surface area (Å²) in [4.78, 5) is 10.6. The quantitative estimate of drug-likeness (QED) is 0.856. The van der Waals surface area contributed by atoms with Gasteiger partial charge in [0.15, 0.2) is 5.75 Å². The second kappa shape index (κ2) is 4.91. The molecule has 1 aromatic rings. The first kappa shape index (κ1) is 13.8. The SMILES string of the molecule is CNS(=O)(=O)c1cc(Cl)cc(C(=O)O)c1OC. The molecule has 0 aliphatic carbocycles. The van der Waals surface area contributed by atoms with E-state index >= 15 is 0 Å². The van der Waals surface area contributed by atoms with Crippen molar-refractivity contribution in [3.05, 3.63) is 22.7 Å². The fourth-order valence-corrected chi connectivity index (χ4v) is 2.47. The zero-order valence-corrected chi connectivity index (χ0v) is 10.6. The first-order valence-electron chi connectivity index (χ1n) is 4.38. The van der Waals surface area contributed by atoms with Gasteiger partial charge in [0.1, 0.15) is 10.5 Å². The summed E-state index contributed by atoms with van der Waals surface area (Å²) in [6, 6.07) is 2.25. The highest BCUT2D eigenvalue weighted by atomic mass is 35.5. The molecule has 0 saturated heterocycles. The minimum absolute atomic E-state index is 0.00275. The van der Waals surface area contributed by atoms with Gasteiger partial charge in [-0.05, 0) is 19.2 Å². The van der Waals surface area contributed by atoms with Crippen LogP contribution in [0.3, 0.4) is 0 Å². The van der Waals surface area contributed by atoms with Crippen molar-refractivity contribution in [3.63, 3.8) is 0 Å². The van der Waals surface area contributed by atoms with Crippen LogP contribution in [0, 0.1) is 0 Å². The highest BCUT2D eigenvalue weighted by Gasteiger charge is 2.24. The first-order chi connectivity index (χ1) is 7.83. The molecule has 6 nitrogen and oxygen atoms in total. The third-order valence-corrected chi connectivity index (χ3v) is 3.65. The molecule has 0 bridgehead atoms. The van der Waals surface area contributed by atoms with Gasteiger partial charge in [0.25, 0.3) is 0 Å². The molecular weight excluding hydrogens is 270 g/mol. The lowest BCUT2D eigenvalue weighted by Crippen LogP contribution is -2.20. The lowest BCUT2D eigenvalue weighted by atomic mass is 10.2. The fourth-order valence-electron chi connectivity index (χ4n) is 1.25. The van der Waals surface area contributed by atoms with Crippen LogP contribution in [-0.2, 0) is 10.0 Å². The van der Waals surface area contributed by atoms with Gasteiger partial charge in [0.2, 0.25) is 10.0 Å². The van der Waals surface area contributed by atoms with Crippen LogP contribution in [0.25, 0.3) is 0 Å². The first-order valence-corrected chi connectivity index (χ1v) is 6.24. The van der Waals surface area contributed by atoms with Gasteiger partial charge in [-0.1, -0.05) is 11.6 Å². The van der Waals surface area contributed by atoms with Crippen LogP contribution in [0.2, 0.25) is 5.02 Å². The summed E-state index contributed by atoms with van der Waals surface area (Å²) in [5.41, 5.74) is -0.311. The Morgan fingerprint density at radius 2 is 2.06 bits per heavy atom. The average Bonchev–Trinajstić information content (AvgIpc) is 2.27. The Kier molecular flexibility index (Phi) is 3.97. The number of sulfonamides is 1. The molecule has 0 heterocycles. The van der Waals surface area contributed by atoms with Gasteiger partial charge in [-0.3, -0.25) is 0 Å². The summed E-state index contributed by atoms with van der Waals surface area (Å²) in [6.07, 6.45) is 0. The molecule has 0 radical (unpaired) electrons. The van der Waals surface area contributed by atoms with Crippen molar-refractivity contribution in [1.29, 1.82) is 0 Å². The van der Waals surface area contributed by atoms with Crippen molar-refractivity contribution in [1.82, 2.24) is 4.72 Å². The van der Waals surface area contributed by atoms with E-state index in [1.807, 2.05) is 0 Å². The van der Waals surface area contributed by atoms with Gasteiger partial charge in [-0.2, -0.15) is 0 Å². The number of rotatable bonds is 4. The highest BCUT2D eigenvalue weighted by Crippen LogP contribution is 2.31. The van der Waals surface area contributed by atoms with E-state index in [4.69, 9.17) is 21.4 Å². The second-order valence-corrected chi connectivity index (χ2v) is 5.29. The number of nitrogens with one attached hydrogen (secondary N) is 1. The standard InChI is InChI=1S/C9H10ClNO5S/c1-11-17(14,15)7-4-5(10)3-6(9(12)13)8(7)16-2/h3-4,11H,1-2H3,(H,12,13). The average molecular weight is 280 g/mol. The van der Waals surface area contributed by atoms with Crippen LogP contribution in [0.1, 0.15) is 10.4 Å². The van der Waals surface area contributed by atoms with Crippen LogP contribution in [0.5, 0.6) is 5.75 Å². The van der Waals surface area contributed by atoms with Crippen molar-refractivity contribution in [2.45, 2.75) is 4.90 Å². The molecule has 0 fully saturated rings. The van der Waals surface area contributed by atoms with E-state index in [9.17, 15) is 13.2 Å². The number of carboxylic acid groups (broad SMARTS) is 1. The maximum atomic E-state index is 11.7. The summed E-state index contributed by atoms with van der Waals surface area (Å²) in [7, 11) is -1.45. The molecule has 0 amide bonds. The molecule has 2 N–H and O–H groups in total. The second-order valence-electron chi connectivity index (χ2n) is 3.00. The molecule has 0 spiro atoms. The van der Waals surface area contributed by atoms with E-state index in [1.54, 1.807) is 0 Å². The number of aromatic carboxylic acids is 1. The third-order valence-electron chi connectivity index (χ3n) is 2.01. The van der Waals surface area contributed by atoms with Crippen molar-refractivity contribution in [3.8, 4) is 5.75 Å². The summed E-state index contributed by atoms with van der Waals surface area (Å²) >= 11 is 5.67. The Bertz CT molecular complexity index is 555. The van der Waals surface area contributed by atoms with E-state index in [0.29, 0.717) is 0 Å². The summed E-state index contributed by atoms with van der Waals surface area (Å²) in [5.74, 6) is -1.58. The minimum atomic E-state index is -3.84. The van der Waals surface area contributed by atoms with Crippen molar-refractivity contribution in [2.75, 3.05) is 14.2 Å². The van der Waals surface area contributed by atoms with E-state index < -0.39 is 16.0 Å². The van der Waals surface area contributed by atoms with Gasteiger partial charge in [-0.25, -0.2) is 17.9 Å². The topological polar surface area (TPSA) is 92.7 Å². The predicted octanol–water partition coefficient (Wildman–Crippen LogP) is 0.955. The predicted molar refractivity (Wildman–Crippen MR) is 61.2 cm³/mol. The highest BCUT2D eigenvalue weighted by molar-refractivity contribution is 7.89. The number of benzene rings is 1.